The van der Waals surface area contributed by atoms with Gasteiger partial charge in [-0.1, -0.05) is 13.3 Å². The second kappa shape index (κ2) is 5.75. The van der Waals surface area contributed by atoms with Crippen molar-refractivity contribution in [1.82, 2.24) is 15.6 Å². The van der Waals surface area contributed by atoms with Gasteiger partial charge in [-0.2, -0.15) is 0 Å². The number of hydrogen-bond donors (Lipinski definition) is 2. The van der Waals surface area contributed by atoms with Gasteiger partial charge in [-0.05, 0) is 24.8 Å². The Balaban J connectivity index is 1.78. The van der Waals surface area contributed by atoms with Gasteiger partial charge in [0.25, 0.3) is 0 Å². The lowest BCUT2D eigenvalue weighted by Crippen LogP contribution is -2.36. The lowest BCUT2D eigenvalue weighted by atomic mass is 9.82. The third-order valence-corrected chi connectivity index (χ3v) is 4.04. The molecule has 1 saturated heterocycles. The third kappa shape index (κ3) is 3.03. The summed E-state index contributed by atoms with van der Waals surface area (Å²) in [5.41, 5.74) is 3.56. The van der Waals surface area contributed by atoms with Gasteiger partial charge in [0.1, 0.15) is 0 Å². The van der Waals surface area contributed by atoms with Crippen LogP contribution in [0.2, 0.25) is 0 Å². The fraction of sp³-hybridized carbons (Fsp3) is 0.750. The van der Waals surface area contributed by atoms with Crippen LogP contribution < -0.4 is 10.6 Å². The van der Waals surface area contributed by atoms with Crippen LogP contribution in [0.15, 0.2) is 10.9 Å². The zero-order chi connectivity index (χ0) is 11.3. The van der Waals surface area contributed by atoms with Crippen molar-refractivity contribution in [3.63, 3.8) is 0 Å². The molecule has 1 unspecified atom stereocenters. The van der Waals surface area contributed by atoms with Crippen LogP contribution in [-0.2, 0) is 6.54 Å². The molecule has 0 spiro atoms. The highest BCUT2D eigenvalue weighted by Gasteiger charge is 2.32. The first-order valence-corrected chi connectivity index (χ1v) is 7.07. The number of thiazole rings is 1. The zero-order valence-corrected chi connectivity index (χ0v) is 10.8. The van der Waals surface area contributed by atoms with Gasteiger partial charge in [0.15, 0.2) is 0 Å². The van der Waals surface area contributed by atoms with Crippen LogP contribution in [0.1, 0.15) is 31.9 Å². The smallest absolute Gasteiger partial charge is 0.0795 e. The fourth-order valence-electron chi connectivity index (χ4n) is 2.56. The number of nitrogens with one attached hydrogen (secondary N) is 2. The molecule has 1 aliphatic heterocycles. The molecule has 16 heavy (non-hydrogen) atoms. The van der Waals surface area contributed by atoms with Crippen molar-refractivity contribution in [2.45, 2.75) is 32.7 Å². The van der Waals surface area contributed by atoms with E-state index in [4.69, 9.17) is 0 Å². The van der Waals surface area contributed by atoms with E-state index in [1.165, 1.54) is 38.0 Å². The molecule has 0 amide bonds. The van der Waals surface area contributed by atoms with Crippen molar-refractivity contribution < 1.29 is 0 Å². The average molecular weight is 239 g/mol. The highest BCUT2D eigenvalue weighted by Crippen LogP contribution is 2.30. The van der Waals surface area contributed by atoms with Gasteiger partial charge < -0.3 is 10.6 Å². The van der Waals surface area contributed by atoms with E-state index < -0.39 is 0 Å². The summed E-state index contributed by atoms with van der Waals surface area (Å²) >= 11 is 1.67. The Morgan fingerprint density at radius 2 is 2.56 bits per heavy atom. The van der Waals surface area contributed by atoms with E-state index >= 15 is 0 Å². The molecule has 1 atom stereocenters. The van der Waals surface area contributed by atoms with E-state index in [1.807, 2.05) is 5.51 Å². The van der Waals surface area contributed by atoms with E-state index in [-0.39, 0.29) is 0 Å². The summed E-state index contributed by atoms with van der Waals surface area (Å²) in [5, 5.41) is 9.17. The van der Waals surface area contributed by atoms with Crippen LogP contribution in [0.4, 0.5) is 0 Å². The molecular weight excluding hydrogens is 218 g/mol. The van der Waals surface area contributed by atoms with Gasteiger partial charge in [0.2, 0.25) is 0 Å². The van der Waals surface area contributed by atoms with Crippen LogP contribution in [0.25, 0.3) is 0 Å². The molecule has 0 radical (unpaired) electrons. The van der Waals surface area contributed by atoms with Gasteiger partial charge in [0, 0.05) is 25.0 Å². The zero-order valence-electron chi connectivity index (χ0n) is 9.96. The second-order valence-corrected chi connectivity index (χ2v) is 5.48. The largest absolute Gasteiger partial charge is 0.316 e. The SMILES string of the molecule is CCCC1(CNCc2cscn2)CCNC1. The fourth-order valence-corrected chi connectivity index (χ4v) is 3.12. The first-order chi connectivity index (χ1) is 7.85. The molecule has 0 aromatic carbocycles. The van der Waals surface area contributed by atoms with Crippen LogP contribution in [0.3, 0.4) is 0 Å². The van der Waals surface area contributed by atoms with Crippen LogP contribution in [-0.4, -0.2) is 24.6 Å². The van der Waals surface area contributed by atoms with Crippen molar-refractivity contribution in [3.05, 3.63) is 16.6 Å². The maximum atomic E-state index is 4.29. The third-order valence-electron chi connectivity index (χ3n) is 3.40. The summed E-state index contributed by atoms with van der Waals surface area (Å²) in [7, 11) is 0. The van der Waals surface area contributed by atoms with E-state index in [0.717, 1.165) is 13.1 Å². The Labute approximate surface area is 102 Å². The lowest BCUT2D eigenvalue weighted by molar-refractivity contribution is 0.275. The monoisotopic (exact) mass is 239 g/mol. The maximum Gasteiger partial charge on any atom is 0.0795 e. The van der Waals surface area contributed by atoms with E-state index in [0.29, 0.717) is 5.41 Å². The van der Waals surface area contributed by atoms with E-state index in [2.05, 4.69) is 27.9 Å². The number of aromatic nitrogens is 1. The first kappa shape index (κ1) is 12.0. The molecule has 0 bridgehead atoms. The molecule has 0 aliphatic carbocycles. The molecule has 1 aromatic heterocycles. The Morgan fingerprint density at radius 1 is 1.62 bits per heavy atom. The van der Waals surface area contributed by atoms with Crippen LogP contribution in [0.5, 0.6) is 0 Å². The van der Waals surface area contributed by atoms with Crippen molar-refractivity contribution in [1.29, 1.82) is 0 Å². The standard InChI is InChI=1S/C12H21N3S/c1-2-3-12(4-5-13-8-12)9-14-6-11-7-16-10-15-11/h7,10,13-14H,2-6,8-9H2,1H3. The first-order valence-electron chi connectivity index (χ1n) is 6.13. The lowest BCUT2D eigenvalue weighted by Gasteiger charge is -2.28. The van der Waals surface area contributed by atoms with Crippen molar-refractivity contribution in [3.8, 4) is 0 Å². The van der Waals surface area contributed by atoms with Gasteiger partial charge in [0.05, 0.1) is 11.2 Å². The molecule has 4 heteroatoms. The van der Waals surface area contributed by atoms with Gasteiger partial charge in [-0.25, -0.2) is 4.98 Å². The number of rotatable bonds is 6. The minimum atomic E-state index is 0.491. The molecule has 2 heterocycles. The minimum absolute atomic E-state index is 0.491. The normalized spacial score (nSPS) is 25.1. The van der Waals surface area contributed by atoms with Gasteiger partial charge in [-0.15, -0.1) is 11.3 Å². The number of nitrogens with zero attached hydrogens (tertiary/aromatic N) is 1. The summed E-state index contributed by atoms with van der Waals surface area (Å²) in [5.74, 6) is 0. The highest BCUT2D eigenvalue weighted by atomic mass is 32.1. The second-order valence-electron chi connectivity index (χ2n) is 4.76. The van der Waals surface area contributed by atoms with Crippen molar-refractivity contribution in [2.75, 3.05) is 19.6 Å². The Hall–Kier alpha value is -0.450. The summed E-state index contributed by atoms with van der Waals surface area (Å²) in [6, 6.07) is 0. The summed E-state index contributed by atoms with van der Waals surface area (Å²) in [6.07, 6.45) is 3.91. The van der Waals surface area contributed by atoms with Crippen molar-refractivity contribution >= 4 is 11.3 Å². The van der Waals surface area contributed by atoms with E-state index in [9.17, 15) is 0 Å². The quantitative estimate of drug-likeness (QED) is 0.797. The number of hydrogen-bond acceptors (Lipinski definition) is 4. The molecule has 1 fully saturated rings. The maximum absolute atomic E-state index is 4.29. The molecule has 1 aliphatic rings. The summed E-state index contributed by atoms with van der Waals surface area (Å²) in [6.45, 7) is 6.66. The predicted molar refractivity (Wildman–Crippen MR) is 68.6 cm³/mol. The summed E-state index contributed by atoms with van der Waals surface area (Å²) in [4.78, 5) is 4.29. The molecule has 2 N–H and O–H groups in total. The van der Waals surface area contributed by atoms with Crippen LogP contribution in [0, 0.1) is 5.41 Å². The van der Waals surface area contributed by atoms with E-state index in [1.54, 1.807) is 11.3 Å². The van der Waals surface area contributed by atoms with Gasteiger partial charge >= 0.3 is 0 Å². The molecule has 1 aromatic rings. The molecule has 0 saturated carbocycles. The molecule has 3 nitrogen and oxygen atoms in total. The molecular formula is C12H21N3S. The average Bonchev–Trinajstić information content (AvgIpc) is 2.90. The van der Waals surface area contributed by atoms with Crippen molar-refractivity contribution in [2.24, 2.45) is 5.41 Å². The van der Waals surface area contributed by atoms with Gasteiger partial charge in [-0.3, -0.25) is 0 Å². The molecule has 2 rings (SSSR count). The predicted octanol–water partition coefficient (Wildman–Crippen LogP) is 2.01. The Bertz CT molecular complexity index is 291. The topological polar surface area (TPSA) is 37.0 Å². The Morgan fingerprint density at radius 3 is 3.19 bits per heavy atom. The summed E-state index contributed by atoms with van der Waals surface area (Å²) < 4.78 is 0. The molecule has 90 valence electrons. The Kier molecular flexibility index (Phi) is 4.32. The highest BCUT2D eigenvalue weighted by molar-refractivity contribution is 7.07. The van der Waals surface area contributed by atoms with Crippen LogP contribution >= 0.6 is 11.3 Å². The minimum Gasteiger partial charge on any atom is -0.316 e.